The minimum atomic E-state index is -0.659. The molecule has 1 atom stereocenters. The fourth-order valence-electron chi connectivity index (χ4n) is 1.52. The molecule has 0 saturated carbocycles. The quantitative estimate of drug-likeness (QED) is 0.894. The van der Waals surface area contributed by atoms with Crippen LogP contribution in [0.4, 0.5) is 8.78 Å². The van der Waals surface area contributed by atoms with Gasteiger partial charge in [-0.15, -0.1) is 0 Å². The molecule has 18 heavy (non-hydrogen) atoms. The van der Waals surface area contributed by atoms with Gasteiger partial charge in [0.15, 0.2) is 0 Å². The molecule has 0 aromatic heterocycles. The van der Waals surface area contributed by atoms with Crippen LogP contribution >= 0.6 is 0 Å². The molecule has 0 saturated heterocycles. The van der Waals surface area contributed by atoms with Crippen molar-refractivity contribution in [1.82, 2.24) is 4.90 Å². The van der Waals surface area contributed by atoms with Crippen LogP contribution in [0.3, 0.4) is 0 Å². The Bertz CT molecular complexity index is 435. The Labute approximate surface area is 106 Å². The predicted octanol–water partition coefficient (Wildman–Crippen LogP) is 1.91. The van der Waals surface area contributed by atoms with Crippen molar-refractivity contribution in [3.05, 3.63) is 35.4 Å². The lowest BCUT2D eigenvalue weighted by Crippen LogP contribution is -2.44. The first kappa shape index (κ1) is 14.6. The lowest BCUT2D eigenvalue weighted by molar-refractivity contribution is -0.132. The van der Waals surface area contributed by atoms with Gasteiger partial charge in [-0.3, -0.25) is 4.79 Å². The van der Waals surface area contributed by atoms with Crippen LogP contribution < -0.4 is 5.73 Å². The van der Waals surface area contributed by atoms with Crippen LogP contribution in [0.5, 0.6) is 0 Å². The summed E-state index contributed by atoms with van der Waals surface area (Å²) in [6, 6.07) is 2.68. The second-order valence-electron chi connectivity index (χ2n) is 4.70. The number of rotatable bonds is 4. The van der Waals surface area contributed by atoms with Gasteiger partial charge < -0.3 is 10.6 Å². The van der Waals surface area contributed by atoms with Crippen LogP contribution in [0.25, 0.3) is 0 Å². The summed E-state index contributed by atoms with van der Waals surface area (Å²) in [5, 5.41) is 0. The van der Waals surface area contributed by atoms with Gasteiger partial charge in [0.1, 0.15) is 11.6 Å². The molecule has 0 aliphatic rings. The molecule has 100 valence electrons. The second kappa shape index (κ2) is 5.91. The minimum absolute atomic E-state index is 0.0121. The van der Waals surface area contributed by atoms with Crippen LogP contribution in [-0.4, -0.2) is 23.9 Å². The molecule has 1 unspecified atom stereocenters. The first-order valence-electron chi connectivity index (χ1n) is 5.77. The molecule has 1 rings (SSSR count). The van der Waals surface area contributed by atoms with E-state index in [-0.39, 0.29) is 23.9 Å². The fourth-order valence-corrected chi connectivity index (χ4v) is 1.52. The van der Waals surface area contributed by atoms with Crippen molar-refractivity contribution in [3.8, 4) is 0 Å². The lowest BCUT2D eigenvalue weighted by atomic mass is 10.0. The summed E-state index contributed by atoms with van der Waals surface area (Å²) in [5.74, 6) is -1.54. The molecule has 3 nitrogen and oxygen atoms in total. The summed E-state index contributed by atoms with van der Waals surface area (Å²) >= 11 is 0. The van der Waals surface area contributed by atoms with E-state index in [1.54, 1.807) is 7.05 Å². The summed E-state index contributed by atoms with van der Waals surface area (Å²) in [6.07, 6.45) is 0. The highest BCUT2D eigenvalue weighted by Crippen LogP contribution is 2.12. The van der Waals surface area contributed by atoms with Crippen molar-refractivity contribution < 1.29 is 13.6 Å². The zero-order valence-electron chi connectivity index (χ0n) is 10.8. The Morgan fingerprint density at radius 2 is 2.00 bits per heavy atom. The van der Waals surface area contributed by atoms with Crippen molar-refractivity contribution in [3.63, 3.8) is 0 Å². The maximum atomic E-state index is 13.4. The molecule has 1 amide bonds. The highest BCUT2D eigenvalue weighted by Gasteiger charge is 2.21. The standard InChI is InChI=1S/C13H18F2N2O/c1-8(2)12(16)13(18)17(3)7-9-4-5-10(14)6-11(9)15/h4-6,8,12H,7,16H2,1-3H3. The number of hydrogen-bond acceptors (Lipinski definition) is 2. The van der Waals surface area contributed by atoms with Crippen LogP contribution in [0.2, 0.25) is 0 Å². The molecular weight excluding hydrogens is 238 g/mol. The van der Waals surface area contributed by atoms with Crippen molar-refractivity contribution in [2.75, 3.05) is 7.05 Å². The number of amides is 1. The maximum absolute atomic E-state index is 13.4. The summed E-state index contributed by atoms with van der Waals surface area (Å²) in [7, 11) is 1.55. The van der Waals surface area contributed by atoms with Crippen molar-refractivity contribution in [2.24, 2.45) is 11.7 Å². The molecule has 0 fully saturated rings. The van der Waals surface area contributed by atoms with Gasteiger partial charge in [0, 0.05) is 25.2 Å². The third-order valence-corrected chi connectivity index (χ3v) is 2.80. The fraction of sp³-hybridized carbons (Fsp3) is 0.462. The number of nitrogens with zero attached hydrogens (tertiary/aromatic N) is 1. The van der Waals surface area contributed by atoms with Gasteiger partial charge in [0.05, 0.1) is 6.04 Å². The number of carbonyl (C=O) groups excluding carboxylic acids is 1. The van der Waals surface area contributed by atoms with E-state index in [0.717, 1.165) is 6.07 Å². The second-order valence-corrected chi connectivity index (χ2v) is 4.70. The van der Waals surface area contributed by atoms with Crippen LogP contribution in [0.1, 0.15) is 19.4 Å². The van der Waals surface area contributed by atoms with Crippen molar-refractivity contribution >= 4 is 5.91 Å². The first-order chi connectivity index (χ1) is 8.32. The molecule has 1 aromatic carbocycles. The molecule has 2 N–H and O–H groups in total. The van der Waals surface area contributed by atoms with E-state index in [0.29, 0.717) is 0 Å². The Kier molecular flexibility index (Phi) is 4.78. The van der Waals surface area contributed by atoms with E-state index in [9.17, 15) is 13.6 Å². The Hall–Kier alpha value is -1.49. The van der Waals surface area contributed by atoms with Crippen molar-refractivity contribution in [1.29, 1.82) is 0 Å². The van der Waals surface area contributed by atoms with Gasteiger partial charge in [0.25, 0.3) is 0 Å². The molecule has 0 bridgehead atoms. The first-order valence-corrected chi connectivity index (χ1v) is 5.77. The molecule has 0 spiro atoms. The summed E-state index contributed by atoms with van der Waals surface area (Å²) in [6.45, 7) is 3.76. The predicted molar refractivity (Wildman–Crippen MR) is 65.6 cm³/mol. The molecule has 0 heterocycles. The molecule has 1 aromatic rings. The highest BCUT2D eigenvalue weighted by atomic mass is 19.1. The SMILES string of the molecule is CC(C)C(N)C(=O)N(C)Cc1ccc(F)cc1F. The molecule has 5 heteroatoms. The summed E-state index contributed by atoms with van der Waals surface area (Å²) < 4.78 is 26.2. The summed E-state index contributed by atoms with van der Waals surface area (Å²) in [4.78, 5) is 13.2. The average molecular weight is 256 g/mol. The zero-order valence-corrected chi connectivity index (χ0v) is 10.8. The van der Waals surface area contributed by atoms with Crippen LogP contribution in [0, 0.1) is 17.6 Å². The zero-order chi connectivity index (χ0) is 13.9. The third-order valence-electron chi connectivity index (χ3n) is 2.80. The van der Waals surface area contributed by atoms with Gasteiger partial charge in [-0.1, -0.05) is 19.9 Å². The molecule has 0 aliphatic carbocycles. The van der Waals surface area contributed by atoms with E-state index in [2.05, 4.69) is 0 Å². The van der Waals surface area contributed by atoms with Gasteiger partial charge >= 0.3 is 0 Å². The Morgan fingerprint density at radius 3 is 2.50 bits per heavy atom. The largest absolute Gasteiger partial charge is 0.340 e. The normalized spacial score (nSPS) is 12.6. The summed E-state index contributed by atoms with van der Waals surface area (Å²) in [5.41, 5.74) is 6.00. The van der Waals surface area contributed by atoms with E-state index < -0.39 is 17.7 Å². The Morgan fingerprint density at radius 1 is 1.39 bits per heavy atom. The van der Waals surface area contributed by atoms with E-state index >= 15 is 0 Å². The number of hydrogen-bond donors (Lipinski definition) is 1. The van der Waals surface area contributed by atoms with Gasteiger partial charge in [-0.05, 0) is 12.0 Å². The van der Waals surface area contributed by atoms with Crippen LogP contribution in [-0.2, 0) is 11.3 Å². The number of benzene rings is 1. The minimum Gasteiger partial charge on any atom is -0.340 e. The molecular formula is C13H18F2N2O. The van der Waals surface area contributed by atoms with E-state index in [4.69, 9.17) is 5.73 Å². The number of nitrogens with two attached hydrogens (primary N) is 1. The smallest absolute Gasteiger partial charge is 0.239 e. The number of halogens is 2. The van der Waals surface area contributed by atoms with E-state index in [1.165, 1.54) is 17.0 Å². The topological polar surface area (TPSA) is 46.3 Å². The van der Waals surface area contributed by atoms with Crippen LogP contribution in [0.15, 0.2) is 18.2 Å². The van der Waals surface area contributed by atoms with Crippen molar-refractivity contribution in [2.45, 2.75) is 26.4 Å². The Balaban J connectivity index is 2.75. The lowest BCUT2D eigenvalue weighted by Gasteiger charge is -2.23. The van der Waals surface area contributed by atoms with E-state index in [1.807, 2.05) is 13.8 Å². The van der Waals surface area contributed by atoms with Gasteiger partial charge in [0.2, 0.25) is 5.91 Å². The number of carbonyl (C=O) groups is 1. The van der Waals surface area contributed by atoms with Gasteiger partial charge in [-0.2, -0.15) is 0 Å². The molecule has 0 radical (unpaired) electrons. The monoisotopic (exact) mass is 256 g/mol. The molecule has 0 aliphatic heterocycles. The number of likely N-dealkylation sites (N-methyl/N-ethyl adjacent to an activating group) is 1. The maximum Gasteiger partial charge on any atom is 0.239 e. The van der Waals surface area contributed by atoms with Gasteiger partial charge in [-0.25, -0.2) is 8.78 Å². The third kappa shape index (κ3) is 3.50. The highest BCUT2D eigenvalue weighted by molar-refractivity contribution is 5.81. The average Bonchev–Trinajstić information content (AvgIpc) is 2.30.